The third kappa shape index (κ3) is 4.62. The normalized spacial score (nSPS) is 11.5. The summed E-state index contributed by atoms with van der Waals surface area (Å²) in [5.41, 5.74) is 5.78. The van der Waals surface area contributed by atoms with E-state index in [-0.39, 0.29) is 22.0 Å². The van der Waals surface area contributed by atoms with Crippen LogP contribution in [0.4, 0.5) is 0 Å². The molecule has 0 fully saturated rings. The van der Waals surface area contributed by atoms with Gasteiger partial charge < -0.3 is 5.11 Å². The van der Waals surface area contributed by atoms with Gasteiger partial charge in [-0.3, -0.25) is 4.55 Å². The lowest BCUT2D eigenvalue weighted by molar-refractivity contribution is 0.474. The molecule has 0 spiro atoms. The van der Waals surface area contributed by atoms with Crippen molar-refractivity contribution in [3.63, 3.8) is 0 Å². The maximum absolute atomic E-state index is 11.7. The van der Waals surface area contributed by atoms with Gasteiger partial charge in [0.1, 0.15) is 5.75 Å². The van der Waals surface area contributed by atoms with Crippen molar-refractivity contribution in [2.45, 2.75) is 32.6 Å². The Morgan fingerprint density at radius 1 is 0.636 bits per heavy atom. The highest BCUT2D eigenvalue weighted by Gasteiger charge is 2.19. The SMILES string of the molecule is Cc1ccc(-c2nc(-c3ccc(C)cc3C)nc(-c3cc(S(=O)(=O)O)ccc3O)n2)c(C)c1. The first-order valence-corrected chi connectivity index (χ1v) is 11.7. The van der Waals surface area contributed by atoms with E-state index in [1.165, 1.54) is 6.07 Å². The van der Waals surface area contributed by atoms with Crippen molar-refractivity contribution >= 4 is 10.1 Å². The minimum atomic E-state index is -4.48. The van der Waals surface area contributed by atoms with Gasteiger partial charge in [-0.15, -0.1) is 0 Å². The first-order valence-electron chi connectivity index (χ1n) is 10.2. The molecule has 0 aliphatic rings. The highest BCUT2D eigenvalue weighted by atomic mass is 32.2. The first kappa shape index (κ1) is 22.6. The quantitative estimate of drug-likeness (QED) is 0.408. The molecule has 0 atom stereocenters. The highest BCUT2D eigenvalue weighted by Crippen LogP contribution is 2.33. The molecule has 2 N–H and O–H groups in total. The average Bonchev–Trinajstić information content (AvgIpc) is 2.73. The molecule has 33 heavy (non-hydrogen) atoms. The fraction of sp³-hybridized carbons (Fsp3) is 0.160. The van der Waals surface area contributed by atoms with Crippen LogP contribution in [-0.4, -0.2) is 33.0 Å². The number of hydrogen-bond acceptors (Lipinski definition) is 6. The highest BCUT2D eigenvalue weighted by molar-refractivity contribution is 7.85. The Morgan fingerprint density at radius 2 is 1.09 bits per heavy atom. The largest absolute Gasteiger partial charge is 0.507 e. The Labute approximate surface area is 192 Å². The van der Waals surface area contributed by atoms with Gasteiger partial charge in [-0.1, -0.05) is 47.5 Å². The molecular weight excluding hydrogens is 438 g/mol. The van der Waals surface area contributed by atoms with E-state index in [1.807, 2.05) is 64.1 Å². The third-order valence-corrected chi connectivity index (χ3v) is 6.24. The van der Waals surface area contributed by atoms with Gasteiger partial charge in [0, 0.05) is 11.1 Å². The number of aromatic hydroxyl groups is 1. The molecule has 0 bridgehead atoms. The maximum atomic E-state index is 11.7. The van der Waals surface area contributed by atoms with Crippen LogP contribution in [0.1, 0.15) is 22.3 Å². The summed E-state index contributed by atoms with van der Waals surface area (Å²) in [5.74, 6) is 0.665. The van der Waals surface area contributed by atoms with Crippen molar-refractivity contribution in [1.29, 1.82) is 0 Å². The van der Waals surface area contributed by atoms with E-state index in [0.717, 1.165) is 45.5 Å². The minimum absolute atomic E-state index is 0.0737. The van der Waals surface area contributed by atoms with Crippen LogP contribution in [0.15, 0.2) is 59.5 Å². The molecule has 0 aliphatic carbocycles. The van der Waals surface area contributed by atoms with Crippen LogP contribution >= 0.6 is 0 Å². The number of benzene rings is 3. The molecule has 0 radical (unpaired) electrons. The zero-order chi connectivity index (χ0) is 23.9. The Bertz CT molecular complexity index is 1430. The van der Waals surface area contributed by atoms with Gasteiger partial charge in [0.2, 0.25) is 0 Å². The molecular formula is C25H23N3O4S. The zero-order valence-electron chi connectivity index (χ0n) is 18.7. The van der Waals surface area contributed by atoms with E-state index in [4.69, 9.17) is 4.98 Å². The Morgan fingerprint density at radius 3 is 1.52 bits per heavy atom. The second kappa shape index (κ2) is 8.38. The van der Waals surface area contributed by atoms with Crippen molar-refractivity contribution < 1.29 is 18.1 Å². The molecule has 8 heteroatoms. The second-order valence-electron chi connectivity index (χ2n) is 8.10. The molecule has 4 aromatic rings. The summed E-state index contributed by atoms with van der Waals surface area (Å²) in [5, 5.41) is 10.5. The van der Waals surface area contributed by atoms with Crippen LogP contribution in [0.5, 0.6) is 5.75 Å². The maximum Gasteiger partial charge on any atom is 0.294 e. The molecule has 168 valence electrons. The van der Waals surface area contributed by atoms with Gasteiger partial charge in [0.25, 0.3) is 10.1 Å². The summed E-state index contributed by atoms with van der Waals surface area (Å²) >= 11 is 0. The minimum Gasteiger partial charge on any atom is -0.507 e. The molecule has 1 aromatic heterocycles. The monoisotopic (exact) mass is 461 g/mol. The van der Waals surface area contributed by atoms with Gasteiger partial charge >= 0.3 is 0 Å². The summed E-state index contributed by atoms with van der Waals surface area (Å²) in [6, 6.07) is 15.3. The topological polar surface area (TPSA) is 113 Å². The van der Waals surface area contributed by atoms with E-state index in [0.29, 0.717) is 11.6 Å². The Kier molecular flexibility index (Phi) is 5.73. The predicted octanol–water partition coefficient (Wildman–Crippen LogP) is 5.06. The molecule has 0 unspecified atom stereocenters. The molecule has 4 rings (SSSR count). The van der Waals surface area contributed by atoms with Crippen LogP contribution < -0.4 is 0 Å². The first-order chi connectivity index (χ1) is 15.5. The van der Waals surface area contributed by atoms with Gasteiger partial charge in [-0.2, -0.15) is 8.42 Å². The summed E-state index contributed by atoms with van der Waals surface area (Å²) in [4.78, 5) is 13.5. The van der Waals surface area contributed by atoms with Crippen LogP contribution in [0.3, 0.4) is 0 Å². The van der Waals surface area contributed by atoms with E-state index in [9.17, 15) is 18.1 Å². The third-order valence-electron chi connectivity index (χ3n) is 5.39. The molecule has 7 nitrogen and oxygen atoms in total. The van der Waals surface area contributed by atoms with E-state index in [2.05, 4.69) is 9.97 Å². The molecule has 0 saturated heterocycles. The molecule has 0 aliphatic heterocycles. The van der Waals surface area contributed by atoms with Crippen LogP contribution in [0, 0.1) is 27.7 Å². The molecule has 0 amide bonds. The summed E-state index contributed by atoms with van der Waals surface area (Å²) < 4.78 is 32.8. The number of hydrogen-bond donors (Lipinski definition) is 2. The Hall–Kier alpha value is -3.62. The van der Waals surface area contributed by atoms with Crippen molar-refractivity contribution in [2.24, 2.45) is 0 Å². The number of rotatable bonds is 4. The van der Waals surface area contributed by atoms with Gasteiger partial charge in [0.15, 0.2) is 17.5 Å². The van der Waals surface area contributed by atoms with Gasteiger partial charge in [-0.25, -0.2) is 15.0 Å². The lowest BCUT2D eigenvalue weighted by Gasteiger charge is -2.13. The number of aryl methyl sites for hydroxylation is 4. The van der Waals surface area contributed by atoms with E-state index < -0.39 is 10.1 Å². The van der Waals surface area contributed by atoms with Gasteiger partial charge in [0.05, 0.1) is 10.5 Å². The molecule has 3 aromatic carbocycles. The summed E-state index contributed by atoms with van der Waals surface area (Å²) in [6.45, 7) is 7.91. The van der Waals surface area contributed by atoms with E-state index >= 15 is 0 Å². The van der Waals surface area contributed by atoms with Crippen molar-refractivity contribution in [1.82, 2.24) is 15.0 Å². The number of phenolic OH excluding ortho intramolecular Hbond substituents is 1. The fourth-order valence-corrected chi connectivity index (χ4v) is 4.23. The van der Waals surface area contributed by atoms with Crippen LogP contribution in [-0.2, 0) is 10.1 Å². The fourth-order valence-electron chi connectivity index (χ4n) is 3.72. The number of nitrogens with zero attached hydrogens (tertiary/aromatic N) is 3. The number of aromatic nitrogens is 3. The lowest BCUT2D eigenvalue weighted by atomic mass is 10.0. The van der Waals surface area contributed by atoms with Crippen molar-refractivity contribution in [2.75, 3.05) is 0 Å². The lowest BCUT2D eigenvalue weighted by Crippen LogP contribution is -2.03. The van der Waals surface area contributed by atoms with Crippen LogP contribution in [0.25, 0.3) is 34.2 Å². The van der Waals surface area contributed by atoms with Gasteiger partial charge in [-0.05, 0) is 57.0 Å². The second-order valence-corrected chi connectivity index (χ2v) is 9.52. The summed E-state index contributed by atoms with van der Waals surface area (Å²) in [6.07, 6.45) is 0. The van der Waals surface area contributed by atoms with Crippen molar-refractivity contribution in [3.05, 3.63) is 76.9 Å². The Balaban J connectivity index is 2.02. The standard InChI is InChI=1S/C25H23N3O4S/c1-14-5-8-19(16(3)11-14)23-26-24(20-9-6-15(2)12-17(20)4)28-25(27-23)21-13-18(33(30,31)32)7-10-22(21)29/h5-13,29H,1-4H3,(H,30,31,32). The number of phenols is 1. The molecule has 0 saturated carbocycles. The predicted molar refractivity (Wildman–Crippen MR) is 127 cm³/mol. The van der Waals surface area contributed by atoms with Crippen molar-refractivity contribution in [3.8, 4) is 39.9 Å². The zero-order valence-corrected chi connectivity index (χ0v) is 19.5. The smallest absolute Gasteiger partial charge is 0.294 e. The summed E-state index contributed by atoms with van der Waals surface area (Å²) in [7, 11) is -4.48. The average molecular weight is 462 g/mol. The molecule has 1 heterocycles. The van der Waals surface area contributed by atoms with Crippen LogP contribution in [0.2, 0.25) is 0 Å². The van der Waals surface area contributed by atoms with E-state index in [1.54, 1.807) is 0 Å².